The molecule has 4 atom stereocenters. The van der Waals surface area contributed by atoms with Crippen LogP contribution in [0.1, 0.15) is 67.9 Å². The van der Waals surface area contributed by atoms with Gasteiger partial charge in [0.1, 0.15) is 18.1 Å². The van der Waals surface area contributed by atoms with Gasteiger partial charge in [-0.15, -0.1) is 0 Å². The lowest BCUT2D eigenvalue weighted by atomic mass is 9.78. The lowest BCUT2D eigenvalue weighted by molar-refractivity contribution is -0.142. The third-order valence-corrected chi connectivity index (χ3v) is 8.38. The molecule has 0 aliphatic carbocycles. The highest BCUT2D eigenvalue weighted by molar-refractivity contribution is 6.43. The molecule has 0 spiro atoms. The van der Waals surface area contributed by atoms with Gasteiger partial charge >= 0.3 is 13.1 Å². The van der Waals surface area contributed by atoms with Gasteiger partial charge in [-0.2, -0.15) is 0 Å². The molecule has 20 nitrogen and oxygen atoms in total. The van der Waals surface area contributed by atoms with E-state index in [0.717, 1.165) is 0 Å². The number of H-pyrrole nitrogens is 1. The van der Waals surface area contributed by atoms with E-state index < -0.39 is 72.6 Å². The maximum atomic E-state index is 12.8. The number of nitrogens with one attached hydrogen (secondary N) is 7. The van der Waals surface area contributed by atoms with E-state index in [9.17, 15) is 48.7 Å². The van der Waals surface area contributed by atoms with E-state index >= 15 is 0 Å². The van der Waals surface area contributed by atoms with Gasteiger partial charge in [0, 0.05) is 44.1 Å². The monoisotopic (exact) mass is 742 g/mol. The quantitative estimate of drug-likeness (QED) is 0.0353. The number of carbonyl (C=O) groups is 7. The van der Waals surface area contributed by atoms with Crippen molar-refractivity contribution in [3.63, 3.8) is 0 Å². The Hall–Kier alpha value is -5.54. The number of hydrogen-bond donors (Lipinski definition) is 11. The minimum Gasteiger partial charge on any atom is -0.480 e. The molecular weight excluding hydrogens is 695 g/mol. The van der Waals surface area contributed by atoms with E-state index in [1.165, 1.54) is 42.4 Å². The van der Waals surface area contributed by atoms with E-state index in [0.29, 0.717) is 43.6 Å². The maximum absolute atomic E-state index is 12.8. The molecule has 12 N–H and O–H groups in total. The standard InChI is InChI=1S/C32H47BN10O10/c1-19(31(49)43-14-4-6-25(43)33(52)53)38-29(47)20-7-9-21(10-8-20)41-42-27(45)12-11-26(44)36-13-3-2-5-23(32(50)51)40-30(48)24(39-28(46)16-34)15-22-17-35-18-37-22/h7-10,17-19,23-25,41,52-53H,2-6,11-16,34H2,1H3,(H,35,37)(H,36,44)(H,38,47)(H,39,46)(H,40,48)(H,42,45)(H,50,51)/t19-,23+,24?,25+/m1/s1. The first-order valence-corrected chi connectivity index (χ1v) is 17.2. The number of unbranched alkanes of at least 4 members (excludes halogenated alkanes) is 1. The van der Waals surface area contributed by atoms with E-state index in [4.69, 9.17) is 5.73 Å². The van der Waals surface area contributed by atoms with Crippen LogP contribution < -0.4 is 37.9 Å². The summed E-state index contributed by atoms with van der Waals surface area (Å²) in [6.45, 7) is 1.74. The van der Waals surface area contributed by atoms with Gasteiger partial charge in [0.15, 0.2) is 0 Å². The number of aromatic amines is 1. The van der Waals surface area contributed by atoms with Gasteiger partial charge in [0.05, 0.1) is 30.2 Å². The van der Waals surface area contributed by atoms with Gasteiger partial charge in [-0.25, -0.2) is 9.78 Å². The molecule has 2 aromatic rings. The highest BCUT2D eigenvalue weighted by Crippen LogP contribution is 2.19. The van der Waals surface area contributed by atoms with Crippen molar-refractivity contribution in [3.8, 4) is 0 Å². The molecule has 0 saturated carbocycles. The molecule has 1 aliphatic rings. The Morgan fingerprint density at radius 1 is 0.981 bits per heavy atom. The molecule has 1 fully saturated rings. The second-order valence-electron chi connectivity index (χ2n) is 12.4. The third-order valence-electron chi connectivity index (χ3n) is 8.38. The van der Waals surface area contributed by atoms with E-state index in [2.05, 4.69) is 42.1 Å². The zero-order chi connectivity index (χ0) is 38.9. The summed E-state index contributed by atoms with van der Waals surface area (Å²) in [5.41, 5.74) is 11.7. The summed E-state index contributed by atoms with van der Waals surface area (Å²) < 4.78 is 0. The molecule has 1 aromatic carbocycles. The van der Waals surface area contributed by atoms with Crippen LogP contribution in [-0.4, -0.2) is 122 Å². The molecule has 21 heteroatoms. The van der Waals surface area contributed by atoms with Crippen LogP contribution in [0.15, 0.2) is 36.8 Å². The Balaban J connectivity index is 1.32. The number of aromatic nitrogens is 2. The van der Waals surface area contributed by atoms with Crippen LogP contribution in [0.25, 0.3) is 0 Å². The summed E-state index contributed by atoms with van der Waals surface area (Å²) in [5, 5.41) is 38.8. The van der Waals surface area contributed by atoms with Gasteiger partial charge in [0.25, 0.3) is 5.91 Å². The lowest BCUT2D eigenvalue weighted by Gasteiger charge is -2.27. The molecule has 1 aliphatic heterocycles. The summed E-state index contributed by atoms with van der Waals surface area (Å²) >= 11 is 0. The predicted molar refractivity (Wildman–Crippen MR) is 189 cm³/mol. The zero-order valence-corrected chi connectivity index (χ0v) is 29.3. The van der Waals surface area contributed by atoms with Crippen LogP contribution in [0.3, 0.4) is 0 Å². The number of carboxylic acids is 1. The third kappa shape index (κ3) is 13.8. The highest BCUT2D eigenvalue weighted by atomic mass is 16.4. The lowest BCUT2D eigenvalue weighted by Crippen LogP contribution is -2.53. The number of amides is 6. The maximum Gasteiger partial charge on any atom is 0.475 e. The first kappa shape index (κ1) is 41.9. The van der Waals surface area contributed by atoms with Crippen molar-refractivity contribution in [1.29, 1.82) is 0 Å². The Morgan fingerprint density at radius 3 is 2.34 bits per heavy atom. The Bertz CT molecular complexity index is 1560. The smallest absolute Gasteiger partial charge is 0.475 e. The van der Waals surface area contributed by atoms with Crippen LogP contribution in [0, 0.1) is 0 Å². The number of hydrazine groups is 1. The molecule has 6 amide bonds. The fourth-order valence-electron chi connectivity index (χ4n) is 5.50. The number of imidazole rings is 1. The molecule has 1 saturated heterocycles. The van der Waals surface area contributed by atoms with Crippen molar-refractivity contribution >= 4 is 54.2 Å². The predicted octanol–water partition coefficient (Wildman–Crippen LogP) is -2.70. The number of rotatable bonds is 21. The fourth-order valence-corrected chi connectivity index (χ4v) is 5.50. The summed E-state index contributed by atoms with van der Waals surface area (Å²) in [5.74, 6) is -5.07. The van der Waals surface area contributed by atoms with Crippen LogP contribution in [0.5, 0.6) is 0 Å². The van der Waals surface area contributed by atoms with Crippen molar-refractivity contribution in [3.05, 3.63) is 48.0 Å². The summed E-state index contributed by atoms with van der Waals surface area (Å²) in [6.07, 6.45) is 4.61. The zero-order valence-electron chi connectivity index (χ0n) is 29.3. The van der Waals surface area contributed by atoms with Gasteiger partial charge < -0.3 is 52.0 Å². The molecule has 288 valence electrons. The number of nitrogens with two attached hydrogens (primary N) is 1. The Labute approximate surface area is 305 Å². The number of benzene rings is 1. The van der Waals surface area contributed by atoms with Crippen LogP contribution in [-0.2, 0) is 35.2 Å². The molecule has 1 aromatic heterocycles. The van der Waals surface area contributed by atoms with E-state index in [-0.39, 0.29) is 44.3 Å². The average molecular weight is 743 g/mol. The summed E-state index contributed by atoms with van der Waals surface area (Å²) in [4.78, 5) is 94.4. The van der Waals surface area contributed by atoms with Crippen molar-refractivity contribution in [2.45, 2.75) is 82.4 Å². The largest absolute Gasteiger partial charge is 0.480 e. The second-order valence-corrected chi connectivity index (χ2v) is 12.4. The van der Waals surface area contributed by atoms with Gasteiger partial charge in [0.2, 0.25) is 29.5 Å². The minimum atomic E-state index is -1.66. The Kier molecular flexibility index (Phi) is 16.7. The van der Waals surface area contributed by atoms with E-state index in [1.807, 2.05) is 0 Å². The number of likely N-dealkylation sites (tertiary alicyclic amines) is 1. The number of carboxylic acid groups (broad SMARTS) is 1. The SMILES string of the molecule is C[C@@H](NC(=O)c1ccc(NNC(=O)CCC(=O)NCCCC[C@H](NC(=O)C(Cc2c[nH]cn2)NC(=O)CN)C(=O)O)cc1)C(=O)N1CCC[C@H]1B(O)O. The molecular formula is C32H47BN10O10. The Morgan fingerprint density at radius 2 is 1.70 bits per heavy atom. The van der Waals surface area contributed by atoms with Crippen molar-refractivity contribution in [1.82, 2.24) is 41.6 Å². The number of nitrogens with zero attached hydrogens (tertiary/aromatic N) is 2. The fraction of sp³-hybridized carbons (Fsp3) is 0.500. The van der Waals surface area contributed by atoms with Crippen LogP contribution >= 0.6 is 0 Å². The molecule has 3 rings (SSSR count). The van der Waals surface area contributed by atoms with Gasteiger partial charge in [-0.05, 0) is 63.3 Å². The van der Waals surface area contributed by atoms with Gasteiger partial charge in [-0.1, -0.05) is 0 Å². The van der Waals surface area contributed by atoms with E-state index in [1.54, 1.807) is 6.20 Å². The van der Waals surface area contributed by atoms with Crippen molar-refractivity contribution in [2.75, 3.05) is 25.1 Å². The average Bonchev–Trinajstić information content (AvgIpc) is 3.85. The minimum absolute atomic E-state index is 0.0209. The van der Waals surface area contributed by atoms with Gasteiger partial charge in [-0.3, -0.25) is 39.6 Å². The molecule has 53 heavy (non-hydrogen) atoms. The first-order valence-electron chi connectivity index (χ1n) is 17.2. The van der Waals surface area contributed by atoms with Crippen LogP contribution in [0.4, 0.5) is 5.69 Å². The van der Waals surface area contributed by atoms with Crippen molar-refractivity contribution in [2.24, 2.45) is 5.73 Å². The first-order chi connectivity index (χ1) is 25.3. The summed E-state index contributed by atoms with van der Waals surface area (Å²) in [7, 11) is -1.66. The normalized spacial score (nSPS) is 15.3. The molecule has 0 radical (unpaired) electrons. The van der Waals surface area contributed by atoms with Crippen molar-refractivity contribution < 1.29 is 48.7 Å². The molecule has 2 heterocycles. The summed E-state index contributed by atoms with van der Waals surface area (Å²) in [6, 6.07) is 2.82. The molecule has 1 unspecified atom stereocenters. The number of aliphatic carboxylic acids is 1. The topological polar surface area (TPSA) is 310 Å². The van der Waals surface area contributed by atoms with Crippen LogP contribution in [0.2, 0.25) is 0 Å². The number of hydrogen-bond acceptors (Lipinski definition) is 12. The second kappa shape index (κ2) is 21.1. The highest BCUT2D eigenvalue weighted by Gasteiger charge is 2.38. The number of carbonyl (C=O) groups excluding carboxylic acids is 6. The molecule has 0 bridgehead atoms. The number of anilines is 1.